The van der Waals surface area contributed by atoms with Crippen molar-refractivity contribution in [1.29, 1.82) is 0 Å². The molecule has 0 saturated heterocycles. The van der Waals surface area contributed by atoms with Crippen LogP contribution in [0.5, 0.6) is 5.75 Å². The zero-order chi connectivity index (χ0) is 15.2. The molecular formula is C15H17Br2N3O. The molecule has 6 heteroatoms. The molecule has 0 spiro atoms. The number of nitrogens with zero attached hydrogens (tertiary/aromatic N) is 2. The second kappa shape index (κ2) is 7.87. The van der Waals surface area contributed by atoms with Gasteiger partial charge in [-0.05, 0) is 63.0 Å². The molecule has 1 N–H and O–H groups in total. The number of halogens is 2. The van der Waals surface area contributed by atoms with Crippen LogP contribution in [0.3, 0.4) is 0 Å². The van der Waals surface area contributed by atoms with Gasteiger partial charge in [-0.15, -0.1) is 0 Å². The molecule has 4 nitrogen and oxygen atoms in total. The first-order chi connectivity index (χ1) is 10.2. The van der Waals surface area contributed by atoms with Crippen LogP contribution in [0.15, 0.2) is 39.5 Å². The highest BCUT2D eigenvalue weighted by molar-refractivity contribution is 9.11. The topological polar surface area (TPSA) is 47.0 Å². The molecule has 1 unspecified atom stereocenters. The van der Waals surface area contributed by atoms with Crippen molar-refractivity contribution in [2.45, 2.75) is 19.4 Å². The predicted molar refractivity (Wildman–Crippen MR) is 90.6 cm³/mol. The lowest BCUT2D eigenvalue weighted by atomic mass is 10.1. The van der Waals surface area contributed by atoms with E-state index < -0.39 is 0 Å². The lowest BCUT2D eigenvalue weighted by Gasteiger charge is -2.20. The zero-order valence-corrected chi connectivity index (χ0v) is 15.1. The SMILES string of the molecule is CCCNC(c1ncc(Br)cc1Br)c1ncccc1OC. The summed E-state index contributed by atoms with van der Waals surface area (Å²) in [6.07, 6.45) is 4.58. The van der Waals surface area contributed by atoms with Gasteiger partial charge in [-0.2, -0.15) is 0 Å². The number of pyridine rings is 2. The van der Waals surface area contributed by atoms with E-state index in [9.17, 15) is 0 Å². The van der Waals surface area contributed by atoms with E-state index in [0.29, 0.717) is 0 Å². The van der Waals surface area contributed by atoms with Crippen LogP contribution in [-0.2, 0) is 0 Å². The Morgan fingerprint density at radius 2 is 2.10 bits per heavy atom. The van der Waals surface area contributed by atoms with Crippen LogP contribution in [0.1, 0.15) is 30.8 Å². The minimum Gasteiger partial charge on any atom is -0.495 e. The summed E-state index contributed by atoms with van der Waals surface area (Å²) in [6, 6.07) is 5.64. The summed E-state index contributed by atoms with van der Waals surface area (Å²) in [5.41, 5.74) is 1.73. The van der Waals surface area contributed by atoms with E-state index in [-0.39, 0.29) is 6.04 Å². The third-order valence-corrected chi connectivity index (χ3v) is 4.07. The normalized spacial score (nSPS) is 12.2. The van der Waals surface area contributed by atoms with Crippen molar-refractivity contribution >= 4 is 31.9 Å². The van der Waals surface area contributed by atoms with Crippen molar-refractivity contribution in [3.05, 3.63) is 50.9 Å². The number of rotatable bonds is 6. The molecule has 2 aromatic heterocycles. The first-order valence-corrected chi connectivity index (χ1v) is 8.29. The fourth-order valence-corrected chi connectivity index (χ4v) is 3.26. The largest absolute Gasteiger partial charge is 0.495 e. The molecule has 112 valence electrons. The van der Waals surface area contributed by atoms with Crippen LogP contribution in [0.2, 0.25) is 0 Å². The van der Waals surface area contributed by atoms with Crippen LogP contribution in [0.4, 0.5) is 0 Å². The summed E-state index contributed by atoms with van der Waals surface area (Å²) in [5, 5.41) is 3.49. The van der Waals surface area contributed by atoms with Gasteiger partial charge < -0.3 is 10.1 Å². The monoisotopic (exact) mass is 413 g/mol. The Morgan fingerprint density at radius 1 is 1.29 bits per heavy atom. The van der Waals surface area contributed by atoms with E-state index in [1.165, 1.54) is 0 Å². The molecule has 2 rings (SSSR count). The first-order valence-electron chi connectivity index (χ1n) is 6.70. The van der Waals surface area contributed by atoms with Gasteiger partial charge in [0.25, 0.3) is 0 Å². The van der Waals surface area contributed by atoms with Crippen LogP contribution in [0, 0.1) is 0 Å². The fourth-order valence-electron chi connectivity index (χ4n) is 2.04. The van der Waals surface area contributed by atoms with Gasteiger partial charge in [-0.3, -0.25) is 9.97 Å². The molecule has 0 aliphatic heterocycles. The average molecular weight is 415 g/mol. The van der Waals surface area contributed by atoms with Crippen molar-refractivity contribution in [3.8, 4) is 5.75 Å². The number of hydrogen-bond acceptors (Lipinski definition) is 4. The maximum absolute atomic E-state index is 5.44. The predicted octanol–water partition coefficient (Wildman–Crippen LogP) is 4.10. The van der Waals surface area contributed by atoms with Crippen LogP contribution in [0.25, 0.3) is 0 Å². The minimum absolute atomic E-state index is 0.122. The number of ether oxygens (including phenoxy) is 1. The Morgan fingerprint density at radius 3 is 2.76 bits per heavy atom. The maximum atomic E-state index is 5.44. The highest BCUT2D eigenvalue weighted by Gasteiger charge is 2.22. The van der Waals surface area contributed by atoms with Gasteiger partial charge in [0.05, 0.1) is 18.8 Å². The standard InChI is InChI=1S/C15H17Br2N3O/c1-3-6-18-15(13-11(17)8-10(16)9-20-13)14-12(21-2)5-4-7-19-14/h4-5,7-9,15,18H,3,6H2,1-2H3. The molecule has 0 radical (unpaired) electrons. The van der Waals surface area contributed by atoms with Crippen LogP contribution >= 0.6 is 31.9 Å². The van der Waals surface area contributed by atoms with E-state index in [4.69, 9.17) is 4.74 Å². The van der Waals surface area contributed by atoms with Crippen molar-refractivity contribution in [3.63, 3.8) is 0 Å². The van der Waals surface area contributed by atoms with Crippen molar-refractivity contribution in [2.75, 3.05) is 13.7 Å². The molecule has 0 aromatic carbocycles. The van der Waals surface area contributed by atoms with Crippen molar-refractivity contribution < 1.29 is 4.74 Å². The third-order valence-electron chi connectivity index (χ3n) is 3.00. The Kier molecular flexibility index (Phi) is 6.14. The quantitative estimate of drug-likeness (QED) is 0.772. The Labute approximate surface area is 141 Å². The number of aromatic nitrogens is 2. The maximum Gasteiger partial charge on any atom is 0.142 e. The third kappa shape index (κ3) is 4.02. The highest BCUT2D eigenvalue weighted by Crippen LogP contribution is 2.32. The van der Waals surface area contributed by atoms with E-state index in [1.54, 1.807) is 19.5 Å². The Balaban J connectivity index is 2.47. The minimum atomic E-state index is -0.122. The summed E-state index contributed by atoms with van der Waals surface area (Å²) < 4.78 is 7.30. The second-order valence-corrected chi connectivity index (χ2v) is 6.27. The molecule has 0 aliphatic carbocycles. The van der Waals surface area contributed by atoms with Gasteiger partial charge in [0.15, 0.2) is 0 Å². The van der Waals surface area contributed by atoms with E-state index in [0.717, 1.165) is 39.0 Å². The lowest BCUT2D eigenvalue weighted by molar-refractivity contribution is 0.399. The first kappa shape index (κ1) is 16.4. The Hall–Kier alpha value is -0.980. The molecule has 21 heavy (non-hydrogen) atoms. The second-order valence-electron chi connectivity index (χ2n) is 4.50. The van der Waals surface area contributed by atoms with Gasteiger partial charge in [-0.1, -0.05) is 6.92 Å². The zero-order valence-electron chi connectivity index (χ0n) is 11.9. The molecular weight excluding hydrogens is 398 g/mol. The summed E-state index contributed by atoms with van der Waals surface area (Å²) in [4.78, 5) is 9.01. The van der Waals surface area contributed by atoms with Crippen molar-refractivity contribution in [1.82, 2.24) is 15.3 Å². The Bertz CT molecular complexity index is 607. The molecule has 0 saturated carbocycles. The summed E-state index contributed by atoms with van der Waals surface area (Å²) in [7, 11) is 1.65. The lowest BCUT2D eigenvalue weighted by Crippen LogP contribution is -2.25. The molecule has 2 aromatic rings. The highest BCUT2D eigenvalue weighted by atomic mass is 79.9. The van der Waals surface area contributed by atoms with Crippen LogP contribution < -0.4 is 10.1 Å². The molecule has 0 amide bonds. The average Bonchev–Trinajstić information content (AvgIpc) is 2.49. The molecule has 1 atom stereocenters. The summed E-state index contributed by atoms with van der Waals surface area (Å²) in [5.74, 6) is 0.753. The van der Waals surface area contributed by atoms with Gasteiger partial charge in [0.2, 0.25) is 0 Å². The molecule has 0 bridgehead atoms. The van der Waals surface area contributed by atoms with Gasteiger partial charge >= 0.3 is 0 Å². The van der Waals surface area contributed by atoms with E-state index >= 15 is 0 Å². The van der Waals surface area contributed by atoms with Gasteiger partial charge in [0, 0.05) is 21.3 Å². The smallest absolute Gasteiger partial charge is 0.142 e. The number of hydrogen-bond donors (Lipinski definition) is 1. The van der Waals surface area contributed by atoms with E-state index in [2.05, 4.69) is 54.1 Å². The van der Waals surface area contributed by atoms with Gasteiger partial charge in [0.1, 0.15) is 11.4 Å². The fraction of sp³-hybridized carbons (Fsp3) is 0.333. The van der Waals surface area contributed by atoms with Gasteiger partial charge in [-0.25, -0.2) is 0 Å². The summed E-state index contributed by atoms with van der Waals surface area (Å²) >= 11 is 7.01. The van der Waals surface area contributed by atoms with Crippen LogP contribution in [-0.4, -0.2) is 23.6 Å². The van der Waals surface area contributed by atoms with Crippen molar-refractivity contribution in [2.24, 2.45) is 0 Å². The number of methoxy groups -OCH3 is 1. The molecule has 0 aliphatic rings. The summed E-state index contributed by atoms with van der Waals surface area (Å²) in [6.45, 7) is 3.00. The molecule has 0 fully saturated rings. The molecule has 2 heterocycles. The number of nitrogens with one attached hydrogen (secondary N) is 1. The van der Waals surface area contributed by atoms with E-state index in [1.807, 2.05) is 18.2 Å².